The Balaban J connectivity index is 2.07. The summed E-state index contributed by atoms with van der Waals surface area (Å²) in [6.07, 6.45) is 0. The Morgan fingerprint density at radius 3 is 2.64 bits per heavy atom. The van der Waals surface area contributed by atoms with Gasteiger partial charge in [0.2, 0.25) is 5.91 Å². The number of carbonyl (C=O) groups is 1. The largest absolute Gasteiger partial charge is 0.479 e. The first-order valence-corrected chi connectivity index (χ1v) is 7.35. The van der Waals surface area contributed by atoms with Crippen molar-refractivity contribution in [2.75, 3.05) is 17.7 Å². The van der Waals surface area contributed by atoms with Crippen LogP contribution in [0, 0.1) is 11.3 Å². The van der Waals surface area contributed by atoms with Crippen LogP contribution in [0.1, 0.15) is 6.92 Å². The highest BCUT2D eigenvalue weighted by Gasteiger charge is 2.05. The molecule has 0 saturated heterocycles. The van der Waals surface area contributed by atoms with E-state index in [0.29, 0.717) is 11.4 Å². The third-order valence-electron chi connectivity index (χ3n) is 2.69. The molecule has 0 aliphatic heterocycles. The van der Waals surface area contributed by atoms with Gasteiger partial charge in [0.1, 0.15) is 11.8 Å². The van der Waals surface area contributed by atoms with Crippen LogP contribution in [0.25, 0.3) is 0 Å². The van der Waals surface area contributed by atoms with Crippen molar-refractivity contribution in [2.45, 2.75) is 16.7 Å². The minimum atomic E-state index is -0.0994. The number of nitrogen functional groups attached to an aromatic ring is 1. The standard InChI is InChI=1S/C16H15N3O2S/c1-11(20)19-12-2-5-14(6-3-12)22-16-7-4-13(10-15(16)18)21-9-8-17/h2-7,10H,9,18H2,1H3,(H,19,20). The van der Waals surface area contributed by atoms with Crippen molar-refractivity contribution in [1.29, 1.82) is 5.26 Å². The molecule has 0 heterocycles. The van der Waals surface area contributed by atoms with Gasteiger partial charge >= 0.3 is 0 Å². The van der Waals surface area contributed by atoms with Gasteiger partial charge in [-0.2, -0.15) is 5.26 Å². The number of rotatable bonds is 5. The lowest BCUT2D eigenvalue weighted by Gasteiger charge is -2.09. The van der Waals surface area contributed by atoms with Crippen LogP contribution in [-0.4, -0.2) is 12.5 Å². The fraction of sp³-hybridized carbons (Fsp3) is 0.125. The maximum absolute atomic E-state index is 11.0. The van der Waals surface area contributed by atoms with Crippen LogP contribution < -0.4 is 15.8 Å². The summed E-state index contributed by atoms with van der Waals surface area (Å²) in [4.78, 5) is 12.9. The Bertz CT molecular complexity index is 708. The molecule has 22 heavy (non-hydrogen) atoms. The zero-order valence-corrected chi connectivity index (χ0v) is 12.8. The summed E-state index contributed by atoms with van der Waals surface area (Å²) in [5.41, 5.74) is 7.34. The number of hydrogen-bond acceptors (Lipinski definition) is 5. The number of ether oxygens (including phenoxy) is 1. The normalized spacial score (nSPS) is 9.82. The quantitative estimate of drug-likeness (QED) is 0.827. The van der Waals surface area contributed by atoms with Crippen LogP contribution in [0.3, 0.4) is 0 Å². The number of anilines is 2. The molecule has 2 aromatic carbocycles. The fourth-order valence-corrected chi connectivity index (χ4v) is 2.60. The molecule has 0 unspecified atom stereocenters. The van der Waals surface area contributed by atoms with E-state index >= 15 is 0 Å². The molecule has 0 fully saturated rings. The van der Waals surface area contributed by atoms with Gasteiger partial charge in [-0.1, -0.05) is 11.8 Å². The van der Waals surface area contributed by atoms with E-state index in [9.17, 15) is 4.79 Å². The Morgan fingerprint density at radius 2 is 2.05 bits per heavy atom. The van der Waals surface area contributed by atoms with Gasteiger partial charge in [0.05, 0.1) is 0 Å². The molecule has 3 N–H and O–H groups in total. The van der Waals surface area contributed by atoms with E-state index in [0.717, 1.165) is 15.5 Å². The van der Waals surface area contributed by atoms with E-state index in [4.69, 9.17) is 15.7 Å². The van der Waals surface area contributed by atoms with Crippen molar-refractivity contribution >= 4 is 29.0 Å². The highest BCUT2D eigenvalue weighted by atomic mass is 32.2. The van der Waals surface area contributed by atoms with E-state index in [1.54, 1.807) is 12.1 Å². The van der Waals surface area contributed by atoms with E-state index in [2.05, 4.69) is 5.32 Å². The molecular weight excluding hydrogens is 298 g/mol. The van der Waals surface area contributed by atoms with E-state index in [1.165, 1.54) is 18.7 Å². The minimum absolute atomic E-state index is 0.00343. The number of amides is 1. The first-order chi connectivity index (χ1) is 10.6. The molecule has 0 radical (unpaired) electrons. The summed E-state index contributed by atoms with van der Waals surface area (Å²) in [7, 11) is 0. The number of benzene rings is 2. The molecular formula is C16H15N3O2S. The van der Waals surface area contributed by atoms with Gasteiger partial charge in [0.25, 0.3) is 0 Å². The van der Waals surface area contributed by atoms with Crippen LogP contribution in [0.15, 0.2) is 52.3 Å². The Morgan fingerprint density at radius 1 is 1.32 bits per heavy atom. The van der Waals surface area contributed by atoms with Crippen molar-refractivity contribution in [2.24, 2.45) is 0 Å². The molecule has 0 saturated carbocycles. The van der Waals surface area contributed by atoms with Gasteiger partial charge in [-0.25, -0.2) is 0 Å². The van der Waals surface area contributed by atoms with Crippen LogP contribution >= 0.6 is 11.8 Å². The Hall–Kier alpha value is -2.65. The average Bonchev–Trinajstić information content (AvgIpc) is 2.49. The monoisotopic (exact) mass is 313 g/mol. The number of nitriles is 1. The van der Waals surface area contributed by atoms with Gasteiger partial charge in [-0.3, -0.25) is 4.79 Å². The Labute approximate surface area is 133 Å². The molecule has 0 aliphatic carbocycles. The highest BCUT2D eigenvalue weighted by Crippen LogP contribution is 2.34. The molecule has 0 aliphatic rings. The molecule has 0 atom stereocenters. The topological polar surface area (TPSA) is 88.1 Å². The summed E-state index contributed by atoms with van der Waals surface area (Å²) >= 11 is 1.52. The summed E-state index contributed by atoms with van der Waals surface area (Å²) in [6, 6.07) is 14.7. The number of hydrogen-bond donors (Lipinski definition) is 2. The minimum Gasteiger partial charge on any atom is -0.479 e. The maximum atomic E-state index is 11.0. The molecule has 2 aromatic rings. The van der Waals surface area contributed by atoms with Crippen molar-refractivity contribution < 1.29 is 9.53 Å². The molecule has 0 aromatic heterocycles. The zero-order valence-electron chi connectivity index (χ0n) is 12.0. The lowest BCUT2D eigenvalue weighted by molar-refractivity contribution is -0.114. The third kappa shape index (κ3) is 4.43. The van der Waals surface area contributed by atoms with E-state index in [-0.39, 0.29) is 12.5 Å². The van der Waals surface area contributed by atoms with Crippen LogP contribution in [0.4, 0.5) is 11.4 Å². The second kappa shape index (κ2) is 7.38. The molecule has 112 valence electrons. The average molecular weight is 313 g/mol. The summed E-state index contributed by atoms with van der Waals surface area (Å²) in [5, 5.41) is 11.2. The van der Waals surface area contributed by atoms with E-state index < -0.39 is 0 Å². The molecule has 2 rings (SSSR count). The Kier molecular flexibility index (Phi) is 5.28. The van der Waals surface area contributed by atoms with Gasteiger partial charge in [0.15, 0.2) is 6.61 Å². The second-order valence-electron chi connectivity index (χ2n) is 4.45. The molecule has 0 bridgehead atoms. The number of nitrogens with one attached hydrogen (secondary N) is 1. The number of nitrogens with zero attached hydrogens (tertiary/aromatic N) is 1. The van der Waals surface area contributed by atoms with Crippen molar-refractivity contribution in [3.05, 3.63) is 42.5 Å². The summed E-state index contributed by atoms with van der Waals surface area (Å²) < 4.78 is 5.20. The van der Waals surface area contributed by atoms with E-state index in [1.807, 2.05) is 36.4 Å². The van der Waals surface area contributed by atoms with Crippen LogP contribution in [-0.2, 0) is 4.79 Å². The predicted octanol–water partition coefficient (Wildman–Crippen LogP) is 3.28. The molecule has 6 heteroatoms. The lowest BCUT2D eigenvalue weighted by Crippen LogP contribution is -2.05. The summed E-state index contributed by atoms with van der Waals surface area (Å²) in [5.74, 6) is 0.474. The third-order valence-corrected chi connectivity index (χ3v) is 3.79. The van der Waals surface area contributed by atoms with Gasteiger partial charge < -0.3 is 15.8 Å². The van der Waals surface area contributed by atoms with Crippen molar-refractivity contribution in [3.8, 4) is 11.8 Å². The molecule has 1 amide bonds. The zero-order chi connectivity index (χ0) is 15.9. The van der Waals surface area contributed by atoms with Gasteiger partial charge in [0, 0.05) is 34.2 Å². The summed E-state index contributed by atoms with van der Waals surface area (Å²) in [6.45, 7) is 1.47. The fourth-order valence-electron chi connectivity index (χ4n) is 1.76. The lowest BCUT2D eigenvalue weighted by atomic mass is 10.3. The first kappa shape index (κ1) is 15.7. The van der Waals surface area contributed by atoms with Crippen LogP contribution in [0.2, 0.25) is 0 Å². The number of nitrogens with two attached hydrogens (primary N) is 1. The van der Waals surface area contributed by atoms with Crippen LogP contribution in [0.5, 0.6) is 5.75 Å². The highest BCUT2D eigenvalue weighted by molar-refractivity contribution is 7.99. The van der Waals surface area contributed by atoms with Crippen molar-refractivity contribution in [3.63, 3.8) is 0 Å². The maximum Gasteiger partial charge on any atom is 0.221 e. The number of carbonyl (C=O) groups excluding carboxylic acids is 1. The smallest absolute Gasteiger partial charge is 0.221 e. The van der Waals surface area contributed by atoms with Crippen molar-refractivity contribution in [1.82, 2.24) is 0 Å². The SMILES string of the molecule is CC(=O)Nc1ccc(Sc2ccc(OCC#N)cc2N)cc1. The van der Waals surface area contributed by atoms with Gasteiger partial charge in [-0.05, 0) is 36.4 Å². The molecule has 5 nitrogen and oxygen atoms in total. The first-order valence-electron chi connectivity index (χ1n) is 6.53. The predicted molar refractivity (Wildman–Crippen MR) is 86.8 cm³/mol. The molecule has 0 spiro atoms. The second-order valence-corrected chi connectivity index (χ2v) is 5.57. The van der Waals surface area contributed by atoms with Gasteiger partial charge in [-0.15, -0.1) is 0 Å².